The van der Waals surface area contributed by atoms with E-state index in [1.165, 1.54) is 11.3 Å². The molecular formula is C22H22N4O. The van der Waals surface area contributed by atoms with Gasteiger partial charge >= 0.3 is 0 Å². The molecule has 0 saturated heterocycles. The van der Waals surface area contributed by atoms with Crippen LogP contribution < -0.4 is 10.2 Å². The van der Waals surface area contributed by atoms with Crippen molar-refractivity contribution in [1.29, 1.82) is 0 Å². The van der Waals surface area contributed by atoms with E-state index in [0.717, 1.165) is 36.3 Å². The molecule has 5 nitrogen and oxygen atoms in total. The molecule has 1 aromatic heterocycles. The molecule has 5 heteroatoms. The summed E-state index contributed by atoms with van der Waals surface area (Å²) >= 11 is 0. The van der Waals surface area contributed by atoms with Crippen LogP contribution in [-0.4, -0.2) is 22.4 Å². The third-order valence-corrected chi connectivity index (χ3v) is 4.96. The number of nitrogens with one attached hydrogen (secondary N) is 1. The first-order valence-electron chi connectivity index (χ1n) is 9.22. The lowest BCUT2D eigenvalue weighted by atomic mass is 10.0. The number of rotatable bonds is 4. The fourth-order valence-corrected chi connectivity index (χ4v) is 3.42. The Bertz CT molecular complexity index is 953. The average molecular weight is 358 g/mol. The predicted molar refractivity (Wildman–Crippen MR) is 106 cm³/mol. The van der Waals surface area contributed by atoms with E-state index in [-0.39, 0.29) is 5.91 Å². The van der Waals surface area contributed by atoms with Gasteiger partial charge in [0.05, 0.1) is 12.4 Å². The zero-order valence-corrected chi connectivity index (χ0v) is 15.4. The Kier molecular flexibility index (Phi) is 4.83. The van der Waals surface area contributed by atoms with Crippen LogP contribution in [0.3, 0.4) is 0 Å². The molecule has 0 atom stereocenters. The third kappa shape index (κ3) is 3.67. The van der Waals surface area contributed by atoms with Crippen molar-refractivity contribution in [2.24, 2.45) is 0 Å². The number of anilines is 2. The molecule has 0 aliphatic carbocycles. The molecule has 1 aliphatic rings. The largest absolute Gasteiger partial charge is 0.347 e. The van der Waals surface area contributed by atoms with Gasteiger partial charge in [-0.25, -0.2) is 9.97 Å². The lowest BCUT2D eigenvalue weighted by Crippen LogP contribution is -2.27. The van der Waals surface area contributed by atoms with Crippen molar-refractivity contribution in [3.8, 4) is 0 Å². The van der Waals surface area contributed by atoms with Gasteiger partial charge in [-0.2, -0.15) is 0 Å². The summed E-state index contributed by atoms with van der Waals surface area (Å²) < 4.78 is 0. The van der Waals surface area contributed by atoms with E-state index < -0.39 is 0 Å². The number of carbonyl (C=O) groups excluding carboxylic acids is 1. The molecule has 0 spiro atoms. The number of hydrogen-bond donors (Lipinski definition) is 1. The first-order valence-corrected chi connectivity index (χ1v) is 9.22. The van der Waals surface area contributed by atoms with Gasteiger partial charge in [0.1, 0.15) is 5.69 Å². The van der Waals surface area contributed by atoms with E-state index in [2.05, 4.69) is 38.4 Å². The van der Waals surface area contributed by atoms with Gasteiger partial charge in [0.15, 0.2) is 5.82 Å². The van der Waals surface area contributed by atoms with Crippen LogP contribution in [0.5, 0.6) is 0 Å². The summed E-state index contributed by atoms with van der Waals surface area (Å²) in [6.45, 7) is 3.42. The summed E-state index contributed by atoms with van der Waals surface area (Å²) in [5.74, 6) is 0.564. The molecule has 3 aromatic rings. The van der Waals surface area contributed by atoms with Gasteiger partial charge in [-0.3, -0.25) is 4.79 Å². The molecule has 0 saturated carbocycles. The maximum Gasteiger partial charge on any atom is 0.271 e. The smallest absolute Gasteiger partial charge is 0.271 e. The monoisotopic (exact) mass is 358 g/mol. The first kappa shape index (κ1) is 17.2. The number of aryl methyl sites for hydroxylation is 2. The van der Waals surface area contributed by atoms with Gasteiger partial charge in [0, 0.05) is 18.8 Å². The van der Waals surface area contributed by atoms with Crippen LogP contribution in [0.15, 0.2) is 60.9 Å². The lowest BCUT2D eigenvalue weighted by Gasteiger charge is -2.30. The van der Waals surface area contributed by atoms with E-state index in [1.807, 2.05) is 37.3 Å². The van der Waals surface area contributed by atoms with E-state index >= 15 is 0 Å². The van der Waals surface area contributed by atoms with E-state index in [4.69, 9.17) is 0 Å². The molecule has 0 unspecified atom stereocenters. The van der Waals surface area contributed by atoms with Gasteiger partial charge in [0.25, 0.3) is 5.91 Å². The second-order valence-corrected chi connectivity index (χ2v) is 6.75. The number of benzene rings is 2. The zero-order chi connectivity index (χ0) is 18.6. The number of amides is 1. The van der Waals surface area contributed by atoms with Crippen LogP contribution in [0, 0.1) is 6.92 Å². The Morgan fingerprint density at radius 2 is 1.89 bits per heavy atom. The van der Waals surface area contributed by atoms with E-state index in [1.54, 1.807) is 12.4 Å². The van der Waals surface area contributed by atoms with Crippen LogP contribution in [0.4, 0.5) is 11.5 Å². The molecule has 2 heterocycles. The fraction of sp³-hybridized carbons (Fsp3) is 0.227. The molecule has 1 aliphatic heterocycles. The van der Waals surface area contributed by atoms with Gasteiger partial charge in [-0.1, -0.05) is 42.5 Å². The minimum absolute atomic E-state index is 0.212. The van der Waals surface area contributed by atoms with Gasteiger partial charge in [-0.15, -0.1) is 0 Å². The van der Waals surface area contributed by atoms with Crippen molar-refractivity contribution in [3.05, 3.63) is 83.3 Å². The number of fused-ring (bicyclic) bond motifs is 1. The molecular weight excluding hydrogens is 336 g/mol. The highest BCUT2D eigenvalue weighted by Gasteiger charge is 2.19. The molecule has 0 radical (unpaired) electrons. The minimum Gasteiger partial charge on any atom is -0.347 e. The molecule has 0 bridgehead atoms. The Morgan fingerprint density at radius 1 is 1.07 bits per heavy atom. The Labute approximate surface area is 159 Å². The van der Waals surface area contributed by atoms with Crippen LogP contribution >= 0.6 is 0 Å². The van der Waals surface area contributed by atoms with Crippen LogP contribution in [0.25, 0.3) is 0 Å². The number of aromatic nitrogens is 2. The van der Waals surface area contributed by atoms with E-state index in [0.29, 0.717) is 12.2 Å². The number of para-hydroxylation sites is 1. The maximum atomic E-state index is 12.4. The molecule has 2 aromatic carbocycles. The maximum absolute atomic E-state index is 12.4. The van der Waals surface area contributed by atoms with Gasteiger partial charge < -0.3 is 10.2 Å². The summed E-state index contributed by atoms with van der Waals surface area (Å²) in [5.41, 5.74) is 5.08. The highest BCUT2D eigenvalue weighted by Crippen LogP contribution is 2.31. The average Bonchev–Trinajstić information content (AvgIpc) is 2.73. The van der Waals surface area contributed by atoms with E-state index in [9.17, 15) is 4.79 Å². The Balaban J connectivity index is 1.46. The van der Waals surface area contributed by atoms with Gasteiger partial charge in [0.2, 0.25) is 0 Å². The standard InChI is InChI=1S/C22H22N4O/c1-16-7-2-3-9-18(16)13-25-22(27)19-14-24-21(15-23-19)26-12-6-10-17-8-4-5-11-20(17)26/h2-5,7-9,11,14-15H,6,10,12-13H2,1H3,(H,25,27). The van der Waals surface area contributed by atoms with Crippen molar-refractivity contribution < 1.29 is 4.79 Å². The topological polar surface area (TPSA) is 58.1 Å². The molecule has 0 fully saturated rings. The van der Waals surface area contributed by atoms with Crippen molar-refractivity contribution >= 4 is 17.4 Å². The summed E-state index contributed by atoms with van der Waals surface area (Å²) in [6.07, 6.45) is 5.40. The number of carbonyl (C=O) groups is 1. The fourth-order valence-electron chi connectivity index (χ4n) is 3.42. The summed E-state index contributed by atoms with van der Waals surface area (Å²) in [5, 5.41) is 2.92. The highest BCUT2D eigenvalue weighted by atomic mass is 16.1. The van der Waals surface area contributed by atoms with Crippen molar-refractivity contribution in [2.45, 2.75) is 26.3 Å². The quantitative estimate of drug-likeness (QED) is 0.771. The SMILES string of the molecule is Cc1ccccc1CNC(=O)c1cnc(N2CCCc3ccccc32)cn1. The number of nitrogens with zero attached hydrogens (tertiary/aromatic N) is 3. The van der Waals surface area contributed by atoms with Crippen molar-refractivity contribution in [2.75, 3.05) is 11.4 Å². The zero-order valence-electron chi connectivity index (χ0n) is 15.4. The van der Waals surface area contributed by atoms with Gasteiger partial charge in [-0.05, 0) is 42.5 Å². The molecule has 27 heavy (non-hydrogen) atoms. The van der Waals surface area contributed by atoms with Crippen LogP contribution in [-0.2, 0) is 13.0 Å². The molecule has 1 N–H and O–H groups in total. The second kappa shape index (κ2) is 7.58. The molecule has 136 valence electrons. The predicted octanol–water partition coefficient (Wildman–Crippen LogP) is 3.80. The summed E-state index contributed by atoms with van der Waals surface area (Å²) in [7, 11) is 0. The van der Waals surface area contributed by atoms with Crippen molar-refractivity contribution in [3.63, 3.8) is 0 Å². The third-order valence-electron chi connectivity index (χ3n) is 4.96. The van der Waals surface area contributed by atoms with Crippen LogP contribution in [0.2, 0.25) is 0 Å². The Morgan fingerprint density at radius 3 is 2.70 bits per heavy atom. The number of hydrogen-bond acceptors (Lipinski definition) is 4. The van der Waals surface area contributed by atoms with Crippen LogP contribution in [0.1, 0.15) is 33.6 Å². The first-order chi connectivity index (χ1) is 13.2. The molecule has 4 rings (SSSR count). The lowest BCUT2D eigenvalue weighted by molar-refractivity contribution is 0.0945. The minimum atomic E-state index is -0.212. The normalized spacial score (nSPS) is 13.1. The summed E-state index contributed by atoms with van der Waals surface area (Å²) in [6, 6.07) is 16.4. The molecule has 1 amide bonds. The highest BCUT2D eigenvalue weighted by molar-refractivity contribution is 5.92. The Hall–Kier alpha value is -3.21. The van der Waals surface area contributed by atoms with Crippen molar-refractivity contribution in [1.82, 2.24) is 15.3 Å². The summed E-state index contributed by atoms with van der Waals surface area (Å²) in [4.78, 5) is 23.4. The second-order valence-electron chi connectivity index (χ2n) is 6.75.